The first-order valence-electron chi connectivity index (χ1n) is 12.4. The topological polar surface area (TPSA) is 79.4 Å². The molecule has 0 spiro atoms. The number of carbonyl (C=O) groups is 3. The number of fused-ring (bicyclic) bond motifs is 6. The third-order valence-corrected chi connectivity index (χ3v) is 7.53. The number of benzene rings is 3. The molecule has 3 aliphatic heterocycles. The number of ether oxygens (including phenoxy) is 2. The van der Waals surface area contributed by atoms with Crippen molar-refractivity contribution < 1.29 is 23.9 Å². The molecular weight excluding hydrogens is 470 g/mol. The fourth-order valence-corrected chi connectivity index (χ4v) is 5.73. The van der Waals surface area contributed by atoms with Crippen LogP contribution in [0.25, 0.3) is 0 Å². The van der Waals surface area contributed by atoms with Crippen molar-refractivity contribution >= 4 is 23.4 Å². The number of hydrogen-bond donors (Lipinski definition) is 0. The van der Waals surface area contributed by atoms with Gasteiger partial charge in [-0.15, -0.1) is 0 Å². The Bertz CT molecular complexity index is 1430. The first-order chi connectivity index (χ1) is 18.0. The van der Waals surface area contributed by atoms with Crippen LogP contribution in [-0.4, -0.2) is 54.8 Å². The third kappa shape index (κ3) is 3.55. The smallest absolute Gasteiger partial charge is 0.264 e. The summed E-state index contributed by atoms with van der Waals surface area (Å²) >= 11 is 0. The molecule has 3 amide bonds. The maximum Gasteiger partial charge on any atom is 0.264 e. The minimum Gasteiger partial charge on any atom is -0.493 e. The lowest BCUT2D eigenvalue weighted by molar-refractivity contribution is -0.132. The second-order valence-electron chi connectivity index (χ2n) is 9.41. The number of methoxy groups -OCH3 is 2. The van der Waals surface area contributed by atoms with Gasteiger partial charge in [0.2, 0.25) is 5.91 Å². The molecule has 0 unspecified atom stereocenters. The molecule has 6 rings (SSSR count). The SMILES string of the molecule is COc1ccc2c(c1OC)C(=O)N1c3ccccc3C(=O)N(CCC(=O)N3CCc4ccccc4C3)[C@H]21. The monoisotopic (exact) mass is 497 g/mol. The van der Waals surface area contributed by atoms with Gasteiger partial charge in [0, 0.05) is 31.6 Å². The Hall–Kier alpha value is -4.33. The average molecular weight is 498 g/mol. The predicted molar refractivity (Wildman–Crippen MR) is 137 cm³/mol. The Morgan fingerprint density at radius 3 is 2.46 bits per heavy atom. The summed E-state index contributed by atoms with van der Waals surface area (Å²) in [5, 5.41) is 0. The van der Waals surface area contributed by atoms with E-state index in [4.69, 9.17) is 9.47 Å². The molecule has 0 aliphatic carbocycles. The van der Waals surface area contributed by atoms with Crippen molar-refractivity contribution in [3.63, 3.8) is 0 Å². The lowest BCUT2D eigenvalue weighted by atomic mass is 9.99. The Labute approximate surface area is 215 Å². The highest BCUT2D eigenvalue weighted by Crippen LogP contribution is 2.49. The van der Waals surface area contributed by atoms with Crippen molar-refractivity contribution in [2.75, 3.05) is 32.2 Å². The number of rotatable bonds is 5. The zero-order valence-electron chi connectivity index (χ0n) is 20.8. The van der Waals surface area contributed by atoms with E-state index in [0.29, 0.717) is 47.0 Å². The van der Waals surface area contributed by atoms with E-state index in [9.17, 15) is 14.4 Å². The Balaban J connectivity index is 1.33. The summed E-state index contributed by atoms with van der Waals surface area (Å²) in [7, 11) is 3.02. The molecule has 0 radical (unpaired) electrons. The summed E-state index contributed by atoms with van der Waals surface area (Å²) in [6.45, 7) is 1.41. The standard InChI is InChI=1S/C29H27N3O5/c1-36-23-12-11-21-25(26(23)37-2)29(35)32-22-10-6-5-9-20(22)28(34)31(27(21)32)16-14-24(33)30-15-13-18-7-3-4-8-19(18)17-30/h3-12,27H,13-17H2,1-2H3/t27-/m0/s1. The zero-order valence-corrected chi connectivity index (χ0v) is 20.8. The molecule has 3 aromatic carbocycles. The lowest BCUT2D eigenvalue weighted by Gasteiger charge is -2.41. The van der Waals surface area contributed by atoms with E-state index in [1.54, 1.807) is 40.1 Å². The molecule has 0 bridgehead atoms. The highest BCUT2D eigenvalue weighted by molar-refractivity contribution is 6.18. The first-order valence-corrected chi connectivity index (χ1v) is 12.4. The van der Waals surface area contributed by atoms with Gasteiger partial charge in [-0.3, -0.25) is 19.3 Å². The van der Waals surface area contributed by atoms with Crippen LogP contribution in [0.4, 0.5) is 5.69 Å². The fraction of sp³-hybridized carbons (Fsp3) is 0.276. The Morgan fingerprint density at radius 1 is 0.919 bits per heavy atom. The van der Waals surface area contributed by atoms with Gasteiger partial charge in [-0.2, -0.15) is 0 Å². The van der Waals surface area contributed by atoms with E-state index in [1.807, 2.05) is 23.1 Å². The van der Waals surface area contributed by atoms with Crippen LogP contribution in [0.3, 0.4) is 0 Å². The number of hydrogen-bond acceptors (Lipinski definition) is 5. The number of anilines is 1. The number of amides is 3. The molecule has 0 saturated carbocycles. The molecule has 37 heavy (non-hydrogen) atoms. The van der Waals surface area contributed by atoms with E-state index >= 15 is 0 Å². The lowest BCUT2D eigenvalue weighted by Crippen LogP contribution is -2.49. The van der Waals surface area contributed by atoms with Crippen molar-refractivity contribution in [2.24, 2.45) is 0 Å². The zero-order chi connectivity index (χ0) is 25.7. The normalized spacial score (nSPS) is 17.7. The average Bonchev–Trinajstić information content (AvgIpc) is 3.24. The summed E-state index contributed by atoms with van der Waals surface area (Å²) in [5.74, 6) is 0.307. The van der Waals surface area contributed by atoms with Gasteiger partial charge in [0.05, 0.1) is 31.0 Å². The van der Waals surface area contributed by atoms with Crippen molar-refractivity contribution in [2.45, 2.75) is 25.6 Å². The summed E-state index contributed by atoms with van der Waals surface area (Å²) in [5.41, 5.74) is 4.45. The van der Waals surface area contributed by atoms with Crippen molar-refractivity contribution in [3.05, 3.63) is 88.5 Å². The van der Waals surface area contributed by atoms with Gasteiger partial charge in [-0.25, -0.2) is 0 Å². The van der Waals surface area contributed by atoms with Crippen LogP contribution < -0.4 is 14.4 Å². The molecule has 1 atom stereocenters. The highest BCUT2D eigenvalue weighted by atomic mass is 16.5. The quantitative estimate of drug-likeness (QED) is 0.536. The molecule has 0 N–H and O–H groups in total. The molecule has 3 aliphatic rings. The van der Waals surface area contributed by atoms with E-state index in [0.717, 1.165) is 12.0 Å². The number of nitrogens with zero attached hydrogens (tertiary/aromatic N) is 3. The largest absolute Gasteiger partial charge is 0.493 e. The van der Waals surface area contributed by atoms with Gasteiger partial charge in [0.1, 0.15) is 6.17 Å². The van der Waals surface area contributed by atoms with Crippen molar-refractivity contribution in [1.29, 1.82) is 0 Å². The molecule has 0 saturated heterocycles. The predicted octanol–water partition coefficient (Wildman–Crippen LogP) is 3.79. The van der Waals surface area contributed by atoms with Gasteiger partial charge in [-0.1, -0.05) is 42.5 Å². The van der Waals surface area contributed by atoms with Crippen LogP contribution in [0.15, 0.2) is 60.7 Å². The summed E-state index contributed by atoms with van der Waals surface area (Å²) in [6.07, 6.45) is 0.314. The van der Waals surface area contributed by atoms with E-state index < -0.39 is 6.17 Å². The van der Waals surface area contributed by atoms with E-state index in [2.05, 4.69) is 12.1 Å². The molecule has 8 nitrogen and oxygen atoms in total. The molecule has 8 heteroatoms. The number of para-hydroxylation sites is 1. The van der Waals surface area contributed by atoms with Crippen LogP contribution >= 0.6 is 0 Å². The summed E-state index contributed by atoms with van der Waals surface area (Å²) < 4.78 is 11.0. The van der Waals surface area contributed by atoms with Gasteiger partial charge in [-0.05, 0) is 35.7 Å². The molecular formula is C29H27N3O5. The van der Waals surface area contributed by atoms with Gasteiger partial charge >= 0.3 is 0 Å². The van der Waals surface area contributed by atoms with Crippen LogP contribution in [0.1, 0.15) is 50.0 Å². The van der Waals surface area contributed by atoms with Crippen LogP contribution in [0.2, 0.25) is 0 Å². The van der Waals surface area contributed by atoms with Gasteiger partial charge in [0.25, 0.3) is 11.8 Å². The van der Waals surface area contributed by atoms with E-state index in [-0.39, 0.29) is 30.7 Å². The van der Waals surface area contributed by atoms with Crippen LogP contribution in [0, 0.1) is 0 Å². The molecule has 0 aromatic heterocycles. The summed E-state index contributed by atoms with van der Waals surface area (Å²) in [4.78, 5) is 45.9. The minimum absolute atomic E-state index is 0.00966. The maximum absolute atomic E-state index is 13.8. The second-order valence-corrected chi connectivity index (χ2v) is 9.41. The van der Waals surface area contributed by atoms with Crippen LogP contribution in [-0.2, 0) is 17.8 Å². The Kier molecular flexibility index (Phi) is 5.59. The third-order valence-electron chi connectivity index (χ3n) is 7.53. The van der Waals surface area contributed by atoms with E-state index in [1.165, 1.54) is 19.8 Å². The molecule has 3 heterocycles. The second kappa shape index (κ2) is 8.96. The van der Waals surface area contributed by atoms with Crippen LogP contribution in [0.5, 0.6) is 11.5 Å². The molecule has 0 fully saturated rings. The van der Waals surface area contributed by atoms with Gasteiger partial charge in [0.15, 0.2) is 11.5 Å². The highest BCUT2D eigenvalue weighted by Gasteiger charge is 2.49. The first kappa shape index (κ1) is 23.1. The summed E-state index contributed by atoms with van der Waals surface area (Å²) in [6, 6.07) is 18.8. The molecule has 3 aromatic rings. The molecule has 188 valence electrons. The Morgan fingerprint density at radius 2 is 1.68 bits per heavy atom. The van der Waals surface area contributed by atoms with Crippen molar-refractivity contribution in [1.82, 2.24) is 9.80 Å². The van der Waals surface area contributed by atoms with Crippen molar-refractivity contribution in [3.8, 4) is 11.5 Å². The maximum atomic E-state index is 13.8. The fourth-order valence-electron chi connectivity index (χ4n) is 5.73. The number of carbonyl (C=O) groups excluding carboxylic acids is 3. The minimum atomic E-state index is -0.667. The van der Waals surface area contributed by atoms with Gasteiger partial charge < -0.3 is 19.3 Å².